The van der Waals surface area contributed by atoms with E-state index in [2.05, 4.69) is 48.9 Å². The maximum Gasteiger partial charge on any atom is 0.205 e. The first-order valence-corrected chi connectivity index (χ1v) is 6.93. The van der Waals surface area contributed by atoms with Gasteiger partial charge in [0.15, 0.2) is 0 Å². The lowest BCUT2D eigenvalue weighted by Gasteiger charge is -2.25. The molecule has 0 aliphatic rings. The van der Waals surface area contributed by atoms with E-state index in [0.29, 0.717) is 19.0 Å². The molecule has 0 amide bonds. The van der Waals surface area contributed by atoms with Gasteiger partial charge in [-0.2, -0.15) is 4.37 Å². The second-order valence-corrected chi connectivity index (χ2v) is 6.44. The van der Waals surface area contributed by atoms with E-state index in [4.69, 9.17) is 11.1 Å². The Bertz CT molecular complexity index is 405. The van der Waals surface area contributed by atoms with E-state index in [0.717, 1.165) is 11.0 Å². The van der Waals surface area contributed by atoms with Crippen LogP contribution in [0.1, 0.15) is 46.9 Å². The van der Waals surface area contributed by atoms with Crippen LogP contribution in [-0.4, -0.2) is 27.8 Å². The number of nitrogens with zero attached hydrogens (tertiary/aromatic N) is 3. The Balaban J connectivity index is 2.86. The lowest BCUT2D eigenvalue weighted by Crippen LogP contribution is -2.33. The Labute approximate surface area is 113 Å². The average molecular weight is 269 g/mol. The Morgan fingerprint density at radius 2 is 2.06 bits per heavy atom. The molecule has 6 heteroatoms. The zero-order chi connectivity index (χ0) is 13.9. The minimum Gasteiger partial charge on any atom is -0.388 e. The van der Waals surface area contributed by atoms with Crippen molar-refractivity contribution < 1.29 is 0 Å². The Morgan fingerprint density at radius 3 is 2.44 bits per heavy atom. The van der Waals surface area contributed by atoms with Crippen molar-refractivity contribution >= 4 is 22.5 Å². The fraction of sp³-hybridized carbons (Fsp3) is 0.750. The molecule has 1 heterocycles. The molecule has 0 fully saturated rings. The number of hydrogen-bond donors (Lipinski definition) is 2. The van der Waals surface area contributed by atoms with Crippen LogP contribution in [0.3, 0.4) is 0 Å². The summed E-state index contributed by atoms with van der Waals surface area (Å²) in [5.74, 6) is 1.08. The summed E-state index contributed by atoms with van der Waals surface area (Å²) in [6, 6.07) is 0.324. The zero-order valence-corrected chi connectivity index (χ0v) is 12.6. The average Bonchev–Trinajstić information content (AvgIpc) is 2.65. The van der Waals surface area contributed by atoms with Gasteiger partial charge >= 0.3 is 0 Å². The third-order valence-corrected chi connectivity index (χ3v) is 3.33. The summed E-state index contributed by atoms with van der Waals surface area (Å²) in [6.45, 7) is 11.2. The van der Waals surface area contributed by atoms with E-state index in [1.807, 2.05) is 0 Å². The van der Waals surface area contributed by atoms with Gasteiger partial charge in [-0.05, 0) is 13.8 Å². The molecule has 1 aromatic heterocycles. The summed E-state index contributed by atoms with van der Waals surface area (Å²) in [7, 11) is 0. The van der Waals surface area contributed by atoms with Gasteiger partial charge in [0, 0.05) is 36.0 Å². The largest absolute Gasteiger partial charge is 0.388 e. The number of aromatic nitrogens is 2. The fourth-order valence-electron chi connectivity index (χ4n) is 1.45. The Hall–Kier alpha value is -1.17. The molecule has 5 nitrogen and oxygen atoms in total. The van der Waals surface area contributed by atoms with Gasteiger partial charge in [0.25, 0.3) is 0 Å². The molecule has 0 saturated heterocycles. The highest BCUT2D eigenvalue weighted by Crippen LogP contribution is 2.26. The van der Waals surface area contributed by atoms with Crippen LogP contribution in [0.2, 0.25) is 0 Å². The third kappa shape index (κ3) is 3.94. The van der Waals surface area contributed by atoms with Crippen molar-refractivity contribution in [2.45, 2.75) is 52.5 Å². The van der Waals surface area contributed by atoms with Crippen LogP contribution in [0.25, 0.3) is 0 Å². The lowest BCUT2D eigenvalue weighted by atomic mass is 9.96. The van der Waals surface area contributed by atoms with Crippen LogP contribution in [0.5, 0.6) is 0 Å². The topological polar surface area (TPSA) is 78.9 Å². The monoisotopic (exact) mass is 269 g/mol. The molecule has 102 valence electrons. The van der Waals surface area contributed by atoms with E-state index in [9.17, 15) is 0 Å². The van der Waals surface area contributed by atoms with Crippen molar-refractivity contribution in [1.82, 2.24) is 9.36 Å². The van der Waals surface area contributed by atoms with Crippen molar-refractivity contribution in [2.75, 3.05) is 11.4 Å². The Kier molecular flexibility index (Phi) is 4.67. The van der Waals surface area contributed by atoms with Crippen LogP contribution in [0.4, 0.5) is 5.13 Å². The number of nitrogens with two attached hydrogens (primary N) is 1. The molecule has 0 saturated carbocycles. The van der Waals surface area contributed by atoms with Crippen molar-refractivity contribution in [1.29, 1.82) is 5.41 Å². The van der Waals surface area contributed by atoms with Gasteiger partial charge < -0.3 is 10.6 Å². The van der Waals surface area contributed by atoms with Gasteiger partial charge in [-0.1, -0.05) is 20.8 Å². The van der Waals surface area contributed by atoms with Crippen LogP contribution in [0, 0.1) is 5.41 Å². The van der Waals surface area contributed by atoms with Crippen molar-refractivity contribution in [3.63, 3.8) is 0 Å². The van der Waals surface area contributed by atoms with Gasteiger partial charge in [0.2, 0.25) is 5.13 Å². The normalized spacial score (nSPS) is 11.9. The first kappa shape index (κ1) is 14.9. The predicted octanol–water partition coefficient (Wildman–Crippen LogP) is 2.38. The molecule has 0 aromatic carbocycles. The molecule has 0 spiro atoms. The summed E-state index contributed by atoms with van der Waals surface area (Å²) in [6.07, 6.45) is 0.558. The molecule has 1 aromatic rings. The zero-order valence-electron chi connectivity index (χ0n) is 11.8. The highest BCUT2D eigenvalue weighted by molar-refractivity contribution is 7.09. The molecular weight excluding hydrogens is 246 g/mol. The minimum absolute atomic E-state index is 0.0298. The van der Waals surface area contributed by atoms with Crippen LogP contribution in [-0.2, 0) is 5.41 Å². The van der Waals surface area contributed by atoms with Crippen molar-refractivity contribution in [3.8, 4) is 0 Å². The van der Waals surface area contributed by atoms with Gasteiger partial charge in [-0.15, -0.1) is 0 Å². The molecule has 3 N–H and O–H groups in total. The highest BCUT2D eigenvalue weighted by Gasteiger charge is 2.22. The summed E-state index contributed by atoms with van der Waals surface area (Å²) in [4.78, 5) is 6.75. The number of rotatable bonds is 5. The summed E-state index contributed by atoms with van der Waals surface area (Å²) in [5.41, 5.74) is 5.39. The molecule has 1 rings (SSSR count). The molecule has 0 atom stereocenters. The highest BCUT2D eigenvalue weighted by atomic mass is 32.1. The number of amidine groups is 1. The minimum atomic E-state index is -0.0298. The molecule has 0 radical (unpaired) electrons. The van der Waals surface area contributed by atoms with Gasteiger partial charge in [0.05, 0.1) is 5.84 Å². The van der Waals surface area contributed by atoms with Crippen molar-refractivity contribution in [3.05, 3.63) is 5.82 Å². The van der Waals surface area contributed by atoms with E-state index in [1.165, 1.54) is 11.5 Å². The van der Waals surface area contributed by atoms with Gasteiger partial charge in [-0.3, -0.25) is 5.41 Å². The second kappa shape index (κ2) is 5.65. The van der Waals surface area contributed by atoms with E-state index >= 15 is 0 Å². The number of anilines is 1. The third-order valence-electron chi connectivity index (χ3n) is 2.58. The smallest absolute Gasteiger partial charge is 0.205 e. The number of hydrogen-bond acceptors (Lipinski definition) is 5. The standard InChI is InChI=1S/C12H23N5S/c1-8(2)17(7-6-9(13)14)11-15-10(16-18-11)12(3,4)5/h8H,6-7H2,1-5H3,(H3,13,14). The summed E-state index contributed by atoms with van der Waals surface area (Å²) >= 11 is 1.42. The predicted molar refractivity (Wildman–Crippen MR) is 77.6 cm³/mol. The molecule has 0 bridgehead atoms. The summed E-state index contributed by atoms with van der Waals surface area (Å²) < 4.78 is 4.42. The SMILES string of the molecule is CC(C)N(CCC(=N)N)c1nc(C(C)(C)C)ns1. The molecule has 18 heavy (non-hydrogen) atoms. The molecule has 0 aliphatic heterocycles. The number of nitrogens with one attached hydrogen (secondary N) is 1. The lowest BCUT2D eigenvalue weighted by molar-refractivity contribution is 0.553. The van der Waals surface area contributed by atoms with Crippen LogP contribution in [0.15, 0.2) is 0 Å². The fourth-order valence-corrected chi connectivity index (χ4v) is 2.47. The maximum absolute atomic E-state index is 7.31. The van der Waals surface area contributed by atoms with Crippen molar-refractivity contribution in [2.24, 2.45) is 5.73 Å². The molecular formula is C12H23N5S. The maximum atomic E-state index is 7.31. The Morgan fingerprint density at radius 1 is 1.44 bits per heavy atom. The molecule has 0 aliphatic carbocycles. The summed E-state index contributed by atoms with van der Waals surface area (Å²) in [5, 5.41) is 8.23. The first-order valence-electron chi connectivity index (χ1n) is 6.15. The van der Waals surface area contributed by atoms with E-state index in [-0.39, 0.29) is 11.3 Å². The van der Waals surface area contributed by atoms with Gasteiger partial charge in [0.1, 0.15) is 5.82 Å². The quantitative estimate of drug-likeness (QED) is 0.635. The van der Waals surface area contributed by atoms with E-state index in [1.54, 1.807) is 0 Å². The van der Waals surface area contributed by atoms with E-state index < -0.39 is 0 Å². The first-order chi connectivity index (χ1) is 8.21. The van der Waals surface area contributed by atoms with Gasteiger partial charge in [-0.25, -0.2) is 4.98 Å². The second-order valence-electron chi connectivity index (χ2n) is 5.71. The molecule has 0 unspecified atom stereocenters. The van der Waals surface area contributed by atoms with Crippen LogP contribution < -0.4 is 10.6 Å². The van der Waals surface area contributed by atoms with Crippen LogP contribution >= 0.6 is 11.5 Å².